The summed E-state index contributed by atoms with van der Waals surface area (Å²) in [6, 6.07) is 16.3. The number of aliphatic imine (C=N–C) groups is 1. The first-order valence-corrected chi connectivity index (χ1v) is 16.0. The third kappa shape index (κ3) is 5.54. The van der Waals surface area contributed by atoms with Gasteiger partial charge in [-0.15, -0.1) is 0 Å². The number of anilines is 1. The average molecular weight is 650 g/mol. The lowest BCUT2D eigenvalue weighted by molar-refractivity contribution is -0.117. The molecule has 0 aliphatic carbocycles. The fourth-order valence-corrected chi connectivity index (χ4v) is 6.20. The summed E-state index contributed by atoms with van der Waals surface area (Å²) in [6.07, 6.45) is -1.56. The lowest BCUT2D eigenvalue weighted by Gasteiger charge is -2.32. The minimum absolute atomic E-state index is 0.000113. The molecule has 11 nitrogen and oxygen atoms in total. The minimum Gasteiger partial charge on any atom is -0.476 e. The normalized spacial score (nSPS) is 19.2. The quantitative estimate of drug-likeness (QED) is 0.277. The maximum Gasteiger partial charge on any atom is 0.269 e. The number of amides is 2. The van der Waals surface area contributed by atoms with Crippen LogP contribution in [0.1, 0.15) is 35.3 Å². The summed E-state index contributed by atoms with van der Waals surface area (Å²) in [7, 11) is -3.73. The SMILES string of the molecule is CCS(=O)(=O)c1ccc(-c2nn3c(c2C(=O)N[C@H]2N=C(c4ccccc4)c4cccc(F)c4NC2=O)OC[C@@](C)(CO)C3)c(F)c1. The maximum atomic E-state index is 15.6. The van der Waals surface area contributed by atoms with Crippen LogP contribution in [0.25, 0.3) is 11.3 Å². The van der Waals surface area contributed by atoms with Crippen LogP contribution in [0.5, 0.6) is 5.88 Å². The number of benzodiazepines with no additional fused rings is 1. The summed E-state index contributed by atoms with van der Waals surface area (Å²) in [4.78, 5) is 31.8. The van der Waals surface area contributed by atoms with E-state index in [1.54, 1.807) is 43.3 Å². The van der Waals surface area contributed by atoms with E-state index < -0.39 is 44.9 Å². The third-order valence-electron chi connectivity index (χ3n) is 7.88. The second kappa shape index (κ2) is 11.8. The Hall–Kier alpha value is -4.95. The zero-order valence-corrected chi connectivity index (χ0v) is 25.6. The van der Waals surface area contributed by atoms with Gasteiger partial charge in [-0.3, -0.25) is 9.59 Å². The van der Waals surface area contributed by atoms with E-state index in [9.17, 15) is 27.5 Å². The van der Waals surface area contributed by atoms with Crippen molar-refractivity contribution in [3.8, 4) is 17.1 Å². The van der Waals surface area contributed by atoms with Crippen molar-refractivity contribution in [2.75, 3.05) is 24.3 Å². The van der Waals surface area contributed by atoms with E-state index >= 15 is 4.39 Å². The topological polar surface area (TPSA) is 152 Å². The summed E-state index contributed by atoms with van der Waals surface area (Å²) in [5.41, 5.74) is -0.376. The molecule has 6 rings (SSSR count). The van der Waals surface area contributed by atoms with Crippen LogP contribution in [0.4, 0.5) is 14.5 Å². The lowest BCUT2D eigenvalue weighted by Crippen LogP contribution is -2.43. The van der Waals surface area contributed by atoms with Gasteiger partial charge in [0.1, 0.15) is 22.9 Å². The van der Waals surface area contributed by atoms with Gasteiger partial charge < -0.3 is 20.5 Å². The van der Waals surface area contributed by atoms with Crippen LogP contribution in [-0.2, 0) is 21.2 Å². The molecule has 4 aromatic rings. The Bertz CT molecular complexity index is 2010. The number of carbonyl (C=O) groups is 2. The Labute approximate surface area is 262 Å². The Balaban J connectivity index is 1.45. The number of nitrogens with zero attached hydrogens (tertiary/aromatic N) is 3. The minimum atomic E-state index is -3.73. The van der Waals surface area contributed by atoms with Crippen molar-refractivity contribution < 1.29 is 36.6 Å². The summed E-state index contributed by atoms with van der Waals surface area (Å²) in [5, 5.41) is 19.4. The van der Waals surface area contributed by atoms with Crippen LogP contribution >= 0.6 is 0 Å². The predicted octanol–water partition coefficient (Wildman–Crippen LogP) is 3.56. The molecule has 0 saturated carbocycles. The number of benzene rings is 3. The van der Waals surface area contributed by atoms with E-state index in [0.717, 1.165) is 6.07 Å². The molecule has 14 heteroatoms. The van der Waals surface area contributed by atoms with Gasteiger partial charge in [0.15, 0.2) is 9.84 Å². The molecule has 0 bridgehead atoms. The van der Waals surface area contributed by atoms with Gasteiger partial charge in [0.2, 0.25) is 12.0 Å². The Morgan fingerprint density at radius 3 is 2.57 bits per heavy atom. The molecule has 2 atom stereocenters. The molecule has 3 N–H and O–H groups in total. The molecule has 1 aromatic heterocycles. The van der Waals surface area contributed by atoms with Gasteiger partial charge in [0.25, 0.3) is 11.8 Å². The monoisotopic (exact) mass is 649 g/mol. The number of aliphatic hydroxyl groups is 1. The van der Waals surface area contributed by atoms with Crippen molar-refractivity contribution in [3.63, 3.8) is 0 Å². The highest BCUT2D eigenvalue weighted by Crippen LogP contribution is 2.38. The van der Waals surface area contributed by atoms with Gasteiger partial charge in [-0.05, 0) is 24.3 Å². The summed E-state index contributed by atoms with van der Waals surface area (Å²) < 4.78 is 62.5. The van der Waals surface area contributed by atoms with E-state index in [1.807, 2.05) is 0 Å². The predicted molar refractivity (Wildman–Crippen MR) is 164 cm³/mol. The Kier molecular flexibility index (Phi) is 7.94. The molecule has 0 radical (unpaired) electrons. The number of sulfone groups is 1. The zero-order chi connectivity index (χ0) is 32.8. The van der Waals surface area contributed by atoms with Crippen molar-refractivity contribution in [3.05, 3.63) is 95.1 Å². The van der Waals surface area contributed by atoms with E-state index in [2.05, 4.69) is 20.7 Å². The molecule has 3 heterocycles. The maximum absolute atomic E-state index is 15.6. The van der Waals surface area contributed by atoms with Gasteiger partial charge in [-0.1, -0.05) is 56.3 Å². The summed E-state index contributed by atoms with van der Waals surface area (Å²) in [6.45, 7) is 3.02. The molecule has 3 aromatic carbocycles. The van der Waals surface area contributed by atoms with Crippen LogP contribution < -0.4 is 15.4 Å². The fraction of sp³-hybridized carbons (Fsp3) is 0.250. The van der Waals surface area contributed by atoms with Gasteiger partial charge >= 0.3 is 0 Å². The van der Waals surface area contributed by atoms with Gasteiger partial charge in [-0.2, -0.15) is 5.10 Å². The van der Waals surface area contributed by atoms with Crippen LogP contribution in [0.15, 0.2) is 76.6 Å². The van der Waals surface area contributed by atoms with E-state index in [1.165, 1.54) is 35.9 Å². The smallest absolute Gasteiger partial charge is 0.269 e. The third-order valence-corrected chi connectivity index (χ3v) is 9.61. The van der Waals surface area contributed by atoms with E-state index in [4.69, 9.17) is 4.74 Å². The summed E-state index contributed by atoms with van der Waals surface area (Å²) >= 11 is 0. The number of carbonyl (C=O) groups excluding carboxylic acids is 2. The van der Waals surface area contributed by atoms with E-state index in [-0.39, 0.29) is 64.5 Å². The molecular weight excluding hydrogens is 620 g/mol. The number of nitrogens with one attached hydrogen (secondary N) is 2. The number of ether oxygens (including phenoxy) is 1. The van der Waals surface area contributed by atoms with Crippen LogP contribution in [-0.4, -0.2) is 66.0 Å². The second-order valence-corrected chi connectivity index (χ2v) is 13.6. The molecule has 2 amide bonds. The van der Waals surface area contributed by atoms with Crippen molar-refractivity contribution in [1.29, 1.82) is 0 Å². The van der Waals surface area contributed by atoms with Crippen molar-refractivity contribution in [2.45, 2.75) is 31.5 Å². The first-order chi connectivity index (χ1) is 21.9. The van der Waals surface area contributed by atoms with Crippen LogP contribution in [0, 0.1) is 17.0 Å². The van der Waals surface area contributed by atoms with Crippen molar-refractivity contribution in [1.82, 2.24) is 15.1 Å². The van der Waals surface area contributed by atoms with Crippen molar-refractivity contribution >= 4 is 33.1 Å². The molecule has 2 aliphatic rings. The van der Waals surface area contributed by atoms with Crippen LogP contribution in [0.3, 0.4) is 0 Å². The van der Waals surface area contributed by atoms with Crippen molar-refractivity contribution in [2.24, 2.45) is 10.4 Å². The molecule has 0 fully saturated rings. The van der Waals surface area contributed by atoms with Gasteiger partial charge in [-0.25, -0.2) is 26.9 Å². The molecular formula is C32H29F2N5O6S. The highest BCUT2D eigenvalue weighted by atomic mass is 32.2. The first kappa shape index (κ1) is 31.0. The Morgan fingerprint density at radius 1 is 1.11 bits per heavy atom. The average Bonchev–Trinajstić information content (AvgIpc) is 3.35. The fourth-order valence-electron chi connectivity index (χ4n) is 5.30. The number of aromatic nitrogens is 2. The molecule has 238 valence electrons. The number of hydrogen-bond acceptors (Lipinski definition) is 8. The number of rotatable bonds is 7. The second-order valence-electron chi connectivity index (χ2n) is 11.4. The molecule has 46 heavy (non-hydrogen) atoms. The molecule has 0 saturated heterocycles. The van der Waals surface area contributed by atoms with Gasteiger partial charge in [0, 0.05) is 22.1 Å². The number of para-hydroxylation sites is 1. The Morgan fingerprint density at radius 2 is 1.87 bits per heavy atom. The highest BCUT2D eigenvalue weighted by molar-refractivity contribution is 7.91. The van der Waals surface area contributed by atoms with E-state index in [0.29, 0.717) is 11.1 Å². The molecule has 0 unspecified atom stereocenters. The number of halogens is 2. The van der Waals surface area contributed by atoms with Gasteiger partial charge in [0.05, 0.1) is 41.8 Å². The molecule has 0 spiro atoms. The highest BCUT2D eigenvalue weighted by Gasteiger charge is 2.38. The number of fused-ring (bicyclic) bond motifs is 2. The van der Waals surface area contributed by atoms with Crippen LogP contribution in [0.2, 0.25) is 0 Å². The molecule has 2 aliphatic heterocycles. The standard InChI is InChI=1S/C32H29F2N5O6S/c1-3-46(43,44)19-12-13-20(23(34)14-19)27-24(31-39(38-27)15-32(2,16-40)17-45-31)29(41)37-28-30(42)36-26-21(10-7-11-22(26)33)25(35-28)18-8-5-4-6-9-18/h4-14,28,40H,3,15-17H2,1-2H3,(H,36,42)(H,37,41)/t28-,32-/m1/s1. The number of hydrogen-bond donors (Lipinski definition) is 3. The first-order valence-electron chi connectivity index (χ1n) is 14.4. The number of aliphatic hydroxyl groups excluding tert-OH is 1. The lowest BCUT2D eigenvalue weighted by atomic mass is 9.92. The largest absolute Gasteiger partial charge is 0.476 e. The summed E-state index contributed by atoms with van der Waals surface area (Å²) in [5.74, 6) is -3.67. The zero-order valence-electron chi connectivity index (χ0n) is 24.8.